The Labute approximate surface area is 106 Å². The van der Waals surface area contributed by atoms with Crippen molar-refractivity contribution in [2.45, 2.75) is 25.8 Å². The summed E-state index contributed by atoms with van der Waals surface area (Å²) in [7, 11) is 1.30. The van der Waals surface area contributed by atoms with Crippen LogP contribution < -0.4 is 11.1 Å². The van der Waals surface area contributed by atoms with E-state index in [-0.39, 0.29) is 5.91 Å². The van der Waals surface area contributed by atoms with Crippen LogP contribution in [0.5, 0.6) is 0 Å². The molecule has 0 heterocycles. The number of carbonyl (C=O) groups excluding carboxylic acids is 2. The van der Waals surface area contributed by atoms with Crippen molar-refractivity contribution < 1.29 is 14.3 Å². The van der Waals surface area contributed by atoms with Crippen LogP contribution >= 0.6 is 0 Å². The number of methoxy groups -OCH3 is 1. The highest BCUT2D eigenvalue weighted by Crippen LogP contribution is 2.09. The summed E-state index contributed by atoms with van der Waals surface area (Å²) in [5, 5.41) is 2.64. The molecule has 3 N–H and O–H groups in total. The van der Waals surface area contributed by atoms with E-state index in [9.17, 15) is 9.59 Å². The van der Waals surface area contributed by atoms with Gasteiger partial charge in [-0.1, -0.05) is 19.1 Å². The van der Waals surface area contributed by atoms with Crippen molar-refractivity contribution >= 4 is 17.6 Å². The molecule has 0 fully saturated rings. The second-order valence-corrected chi connectivity index (χ2v) is 3.94. The first-order valence-corrected chi connectivity index (χ1v) is 5.78. The van der Waals surface area contributed by atoms with Crippen molar-refractivity contribution in [3.8, 4) is 0 Å². The van der Waals surface area contributed by atoms with Crippen LogP contribution in [0.2, 0.25) is 0 Å². The van der Waals surface area contributed by atoms with Gasteiger partial charge in [0.2, 0.25) is 5.91 Å². The van der Waals surface area contributed by atoms with Crippen molar-refractivity contribution in [1.29, 1.82) is 0 Å². The average Bonchev–Trinajstić information content (AvgIpc) is 2.39. The molecule has 0 spiro atoms. The molecule has 5 heteroatoms. The predicted octanol–water partition coefficient (Wildman–Crippen LogP) is 0.879. The topological polar surface area (TPSA) is 81.4 Å². The number of amides is 1. The summed E-state index contributed by atoms with van der Waals surface area (Å²) in [5.41, 5.74) is 7.16. The van der Waals surface area contributed by atoms with E-state index < -0.39 is 12.0 Å². The minimum atomic E-state index is -0.661. The van der Waals surface area contributed by atoms with E-state index in [1.54, 1.807) is 19.1 Å². The summed E-state index contributed by atoms with van der Waals surface area (Å²) in [6, 6.07) is 6.50. The number of nitrogens with one attached hydrogen (secondary N) is 1. The zero-order valence-corrected chi connectivity index (χ0v) is 10.6. The molecule has 0 saturated carbocycles. The van der Waals surface area contributed by atoms with E-state index in [0.717, 1.165) is 5.56 Å². The fourth-order valence-corrected chi connectivity index (χ4v) is 1.52. The molecule has 0 radical (unpaired) electrons. The highest BCUT2D eigenvalue weighted by atomic mass is 16.5. The average molecular weight is 250 g/mol. The van der Waals surface area contributed by atoms with Gasteiger partial charge < -0.3 is 15.8 Å². The number of benzene rings is 1. The largest absolute Gasteiger partial charge is 0.467 e. The quantitative estimate of drug-likeness (QED) is 0.600. The van der Waals surface area contributed by atoms with Gasteiger partial charge in [-0.2, -0.15) is 0 Å². The third-order valence-corrected chi connectivity index (χ3v) is 2.56. The Morgan fingerprint density at radius 1 is 1.33 bits per heavy atom. The number of carbonyl (C=O) groups is 2. The summed E-state index contributed by atoms with van der Waals surface area (Å²) in [6.45, 7) is 1.73. The second-order valence-electron chi connectivity index (χ2n) is 3.94. The summed E-state index contributed by atoms with van der Waals surface area (Å²) in [5.74, 6) is -0.630. The minimum absolute atomic E-state index is 0.180. The SMILES string of the molecule is CCC(=O)N[C@H](Cc1ccc(N)cc1)C(=O)OC. The number of rotatable bonds is 5. The Hall–Kier alpha value is -2.04. The first-order valence-electron chi connectivity index (χ1n) is 5.78. The lowest BCUT2D eigenvalue weighted by molar-refractivity contribution is -0.145. The number of hydrogen-bond donors (Lipinski definition) is 2. The smallest absolute Gasteiger partial charge is 0.328 e. The molecule has 0 saturated heterocycles. The molecule has 1 rings (SSSR count). The van der Waals surface area contributed by atoms with E-state index in [1.165, 1.54) is 7.11 Å². The maximum atomic E-state index is 11.6. The van der Waals surface area contributed by atoms with Crippen molar-refractivity contribution in [2.75, 3.05) is 12.8 Å². The summed E-state index contributed by atoms with van der Waals surface area (Å²) < 4.78 is 4.68. The van der Waals surface area contributed by atoms with E-state index in [1.807, 2.05) is 12.1 Å². The second kappa shape index (κ2) is 6.64. The molecule has 18 heavy (non-hydrogen) atoms. The van der Waals surface area contributed by atoms with Crippen LogP contribution in [0.1, 0.15) is 18.9 Å². The number of hydrogen-bond acceptors (Lipinski definition) is 4. The number of esters is 1. The van der Waals surface area contributed by atoms with Crippen LogP contribution in [-0.4, -0.2) is 25.0 Å². The van der Waals surface area contributed by atoms with Crippen LogP contribution in [-0.2, 0) is 20.7 Å². The number of anilines is 1. The van der Waals surface area contributed by atoms with E-state index >= 15 is 0 Å². The Bertz CT molecular complexity index is 415. The predicted molar refractivity (Wildman–Crippen MR) is 68.8 cm³/mol. The van der Waals surface area contributed by atoms with Crippen LogP contribution in [0.15, 0.2) is 24.3 Å². The highest BCUT2D eigenvalue weighted by Gasteiger charge is 2.21. The zero-order valence-electron chi connectivity index (χ0n) is 10.6. The van der Waals surface area contributed by atoms with Crippen molar-refractivity contribution in [1.82, 2.24) is 5.32 Å². The first-order chi connectivity index (χ1) is 8.56. The Morgan fingerprint density at radius 2 is 1.94 bits per heavy atom. The minimum Gasteiger partial charge on any atom is -0.467 e. The maximum absolute atomic E-state index is 11.6. The lowest BCUT2D eigenvalue weighted by atomic mass is 10.1. The first kappa shape index (κ1) is 14.0. The highest BCUT2D eigenvalue weighted by molar-refractivity contribution is 5.84. The molecule has 1 atom stereocenters. The molecule has 0 bridgehead atoms. The van der Waals surface area contributed by atoms with Gasteiger partial charge in [-0.3, -0.25) is 4.79 Å². The van der Waals surface area contributed by atoms with Crippen molar-refractivity contribution in [3.63, 3.8) is 0 Å². The van der Waals surface area contributed by atoms with E-state index in [2.05, 4.69) is 10.1 Å². The molecule has 1 aromatic carbocycles. The number of nitrogen functional groups attached to an aromatic ring is 1. The van der Waals surface area contributed by atoms with Gasteiger partial charge in [-0.05, 0) is 17.7 Å². The van der Waals surface area contributed by atoms with E-state index in [4.69, 9.17) is 5.73 Å². The van der Waals surface area contributed by atoms with Crippen LogP contribution in [0.3, 0.4) is 0 Å². The third kappa shape index (κ3) is 4.08. The normalized spacial score (nSPS) is 11.7. The lowest BCUT2D eigenvalue weighted by Gasteiger charge is -2.16. The van der Waals surface area contributed by atoms with E-state index in [0.29, 0.717) is 18.5 Å². The van der Waals surface area contributed by atoms with Crippen LogP contribution in [0, 0.1) is 0 Å². The Kier molecular flexibility index (Phi) is 5.17. The van der Waals surface area contributed by atoms with Crippen LogP contribution in [0.4, 0.5) is 5.69 Å². The summed E-state index contributed by atoms with van der Waals surface area (Å²) in [4.78, 5) is 22.9. The molecule has 0 aliphatic rings. The standard InChI is InChI=1S/C13H18N2O3/c1-3-12(16)15-11(13(17)18-2)8-9-4-6-10(14)7-5-9/h4-7,11H,3,8,14H2,1-2H3,(H,15,16)/t11-/m1/s1. The Morgan fingerprint density at radius 3 is 2.44 bits per heavy atom. The van der Waals surface area contributed by atoms with Crippen molar-refractivity contribution in [3.05, 3.63) is 29.8 Å². The molecule has 0 aromatic heterocycles. The molecule has 1 amide bonds. The molecular formula is C13H18N2O3. The fourth-order valence-electron chi connectivity index (χ4n) is 1.52. The van der Waals surface area contributed by atoms with Gasteiger partial charge in [0, 0.05) is 18.5 Å². The summed E-state index contributed by atoms with van der Waals surface area (Å²) >= 11 is 0. The maximum Gasteiger partial charge on any atom is 0.328 e. The monoisotopic (exact) mass is 250 g/mol. The molecule has 98 valence electrons. The van der Waals surface area contributed by atoms with Gasteiger partial charge >= 0.3 is 5.97 Å². The molecule has 0 unspecified atom stereocenters. The molecule has 1 aromatic rings. The van der Waals surface area contributed by atoms with Gasteiger partial charge in [0.05, 0.1) is 7.11 Å². The van der Waals surface area contributed by atoms with Gasteiger partial charge in [-0.15, -0.1) is 0 Å². The number of nitrogens with two attached hydrogens (primary N) is 1. The lowest BCUT2D eigenvalue weighted by Crippen LogP contribution is -2.42. The molecule has 5 nitrogen and oxygen atoms in total. The third-order valence-electron chi connectivity index (χ3n) is 2.56. The van der Waals surface area contributed by atoms with Crippen LogP contribution in [0.25, 0.3) is 0 Å². The Balaban J connectivity index is 2.74. The summed E-state index contributed by atoms with van der Waals surface area (Å²) in [6.07, 6.45) is 0.716. The molecule has 0 aliphatic carbocycles. The van der Waals surface area contributed by atoms with Gasteiger partial charge in [-0.25, -0.2) is 4.79 Å². The van der Waals surface area contributed by atoms with Gasteiger partial charge in [0.1, 0.15) is 6.04 Å². The zero-order chi connectivity index (χ0) is 13.5. The van der Waals surface area contributed by atoms with Gasteiger partial charge in [0.15, 0.2) is 0 Å². The fraction of sp³-hybridized carbons (Fsp3) is 0.385. The molecular weight excluding hydrogens is 232 g/mol. The number of ether oxygens (including phenoxy) is 1. The van der Waals surface area contributed by atoms with Crippen molar-refractivity contribution in [2.24, 2.45) is 0 Å². The molecule has 0 aliphatic heterocycles. The van der Waals surface area contributed by atoms with Gasteiger partial charge in [0.25, 0.3) is 0 Å².